The zero-order valence-corrected chi connectivity index (χ0v) is 14.6. The molecule has 0 saturated carbocycles. The Kier molecular flexibility index (Phi) is 7.13. The van der Waals surface area contributed by atoms with E-state index in [1.54, 1.807) is 6.92 Å². The van der Waals surface area contributed by atoms with Gasteiger partial charge in [0.15, 0.2) is 0 Å². The van der Waals surface area contributed by atoms with Gasteiger partial charge in [-0.1, -0.05) is 60.7 Å². The van der Waals surface area contributed by atoms with Crippen LogP contribution in [0.1, 0.15) is 37.2 Å². The van der Waals surface area contributed by atoms with E-state index in [9.17, 15) is 15.0 Å². The first-order chi connectivity index (χ1) is 12.0. The number of benzene rings is 2. The van der Waals surface area contributed by atoms with Crippen molar-refractivity contribution in [2.75, 3.05) is 6.54 Å². The van der Waals surface area contributed by atoms with Crippen molar-refractivity contribution in [3.63, 3.8) is 0 Å². The van der Waals surface area contributed by atoms with Crippen LogP contribution in [0, 0.1) is 0 Å². The second-order valence-electron chi connectivity index (χ2n) is 6.24. The summed E-state index contributed by atoms with van der Waals surface area (Å²) in [5.41, 5.74) is 1.56. The van der Waals surface area contributed by atoms with E-state index in [2.05, 4.69) is 10.6 Å². The third-order valence-electron chi connectivity index (χ3n) is 4.20. The number of nitrogens with one attached hydrogen (secondary N) is 2. The molecular weight excluding hydrogens is 316 g/mol. The van der Waals surface area contributed by atoms with Crippen LogP contribution in [0.2, 0.25) is 0 Å². The van der Waals surface area contributed by atoms with Gasteiger partial charge in [0.25, 0.3) is 0 Å². The van der Waals surface area contributed by atoms with E-state index in [0.29, 0.717) is 0 Å². The van der Waals surface area contributed by atoms with Crippen LogP contribution in [0.15, 0.2) is 60.7 Å². The fourth-order valence-corrected chi connectivity index (χ4v) is 2.63. The number of aliphatic hydroxyl groups is 2. The van der Waals surface area contributed by atoms with E-state index in [4.69, 9.17) is 0 Å². The molecule has 0 aliphatic heterocycles. The van der Waals surface area contributed by atoms with Crippen LogP contribution in [0.5, 0.6) is 0 Å². The highest BCUT2D eigenvalue weighted by Gasteiger charge is 2.20. The highest BCUT2D eigenvalue weighted by atomic mass is 16.3. The van der Waals surface area contributed by atoms with Gasteiger partial charge in [0, 0.05) is 6.04 Å². The van der Waals surface area contributed by atoms with E-state index in [0.717, 1.165) is 11.1 Å². The number of aliphatic hydroxyl groups excluding tert-OH is 2. The highest BCUT2D eigenvalue weighted by Crippen LogP contribution is 2.17. The van der Waals surface area contributed by atoms with Gasteiger partial charge in [-0.2, -0.15) is 0 Å². The molecule has 2 rings (SSSR count). The maximum atomic E-state index is 12.1. The van der Waals surface area contributed by atoms with E-state index < -0.39 is 18.2 Å². The maximum Gasteiger partial charge on any atom is 0.234 e. The molecule has 5 nitrogen and oxygen atoms in total. The Labute approximate surface area is 148 Å². The molecule has 134 valence electrons. The molecule has 5 heteroatoms. The third kappa shape index (κ3) is 5.67. The molecule has 2 aromatic rings. The number of rotatable bonds is 8. The molecule has 4 atom stereocenters. The second-order valence-corrected chi connectivity index (χ2v) is 6.24. The topological polar surface area (TPSA) is 81.6 Å². The summed E-state index contributed by atoms with van der Waals surface area (Å²) in [7, 11) is 0. The summed E-state index contributed by atoms with van der Waals surface area (Å²) in [6, 6.07) is 17.9. The van der Waals surface area contributed by atoms with Crippen molar-refractivity contribution in [3.05, 3.63) is 71.8 Å². The minimum absolute atomic E-state index is 0.0664. The first-order valence-corrected chi connectivity index (χ1v) is 8.48. The number of hydrogen-bond donors (Lipinski definition) is 4. The smallest absolute Gasteiger partial charge is 0.234 e. The number of carbonyl (C=O) groups is 1. The van der Waals surface area contributed by atoms with Gasteiger partial charge in [0.2, 0.25) is 5.91 Å². The Morgan fingerprint density at radius 2 is 1.28 bits per heavy atom. The molecule has 0 aliphatic rings. The Bertz CT molecular complexity index is 649. The lowest BCUT2D eigenvalue weighted by Gasteiger charge is -2.23. The van der Waals surface area contributed by atoms with Gasteiger partial charge in [0.1, 0.15) is 0 Å². The van der Waals surface area contributed by atoms with Gasteiger partial charge in [0.05, 0.1) is 24.8 Å². The van der Waals surface area contributed by atoms with Crippen LogP contribution in [-0.4, -0.2) is 34.7 Å². The average Bonchev–Trinajstić information content (AvgIpc) is 2.66. The minimum atomic E-state index is -0.766. The Morgan fingerprint density at radius 3 is 1.76 bits per heavy atom. The molecule has 4 unspecified atom stereocenters. The molecule has 0 radical (unpaired) electrons. The summed E-state index contributed by atoms with van der Waals surface area (Å²) in [5, 5.41) is 26.4. The summed E-state index contributed by atoms with van der Waals surface area (Å²) in [4.78, 5) is 12.1. The van der Waals surface area contributed by atoms with Crippen LogP contribution in [0.25, 0.3) is 0 Å². The zero-order valence-electron chi connectivity index (χ0n) is 14.6. The van der Waals surface area contributed by atoms with Crippen molar-refractivity contribution in [2.45, 2.75) is 38.1 Å². The van der Waals surface area contributed by atoms with Crippen LogP contribution >= 0.6 is 0 Å². The molecule has 4 N–H and O–H groups in total. The lowest BCUT2D eigenvalue weighted by Crippen LogP contribution is -2.44. The summed E-state index contributed by atoms with van der Waals surface area (Å²) in [5.74, 6) is -0.227. The standard InChI is InChI=1S/C20H26N2O3/c1-14(19(24)16-9-5-3-6-10-16)21-13-18(23)22-15(2)20(25)17-11-7-4-8-12-17/h3-12,14-15,19-21,24-25H,13H2,1-2H3,(H,22,23). The van der Waals surface area contributed by atoms with Crippen molar-refractivity contribution in [1.82, 2.24) is 10.6 Å². The number of amides is 1. The summed E-state index contributed by atoms with van der Waals surface area (Å²) >= 11 is 0. The molecule has 0 bridgehead atoms. The average molecular weight is 342 g/mol. The number of hydrogen-bond acceptors (Lipinski definition) is 4. The number of carbonyl (C=O) groups excluding carboxylic acids is 1. The SMILES string of the molecule is CC(NCC(=O)NC(C)C(O)c1ccccc1)C(O)c1ccccc1. The lowest BCUT2D eigenvalue weighted by atomic mass is 10.0. The fourth-order valence-electron chi connectivity index (χ4n) is 2.63. The molecule has 1 amide bonds. The van der Waals surface area contributed by atoms with Crippen LogP contribution in [-0.2, 0) is 4.79 Å². The van der Waals surface area contributed by atoms with Crippen LogP contribution in [0.4, 0.5) is 0 Å². The lowest BCUT2D eigenvalue weighted by molar-refractivity contribution is -0.121. The van der Waals surface area contributed by atoms with Gasteiger partial charge >= 0.3 is 0 Å². The minimum Gasteiger partial charge on any atom is -0.387 e. The third-order valence-corrected chi connectivity index (χ3v) is 4.20. The second kappa shape index (κ2) is 9.32. The van der Waals surface area contributed by atoms with Crippen molar-refractivity contribution >= 4 is 5.91 Å². The monoisotopic (exact) mass is 342 g/mol. The fraction of sp³-hybridized carbons (Fsp3) is 0.350. The molecule has 0 spiro atoms. The molecule has 2 aromatic carbocycles. The molecular formula is C20H26N2O3. The molecule has 25 heavy (non-hydrogen) atoms. The van der Waals surface area contributed by atoms with Crippen molar-refractivity contribution < 1.29 is 15.0 Å². The van der Waals surface area contributed by atoms with Gasteiger partial charge in [-0.05, 0) is 25.0 Å². The largest absolute Gasteiger partial charge is 0.387 e. The first-order valence-electron chi connectivity index (χ1n) is 8.48. The highest BCUT2D eigenvalue weighted by molar-refractivity contribution is 5.78. The van der Waals surface area contributed by atoms with Crippen molar-refractivity contribution in [3.8, 4) is 0 Å². The normalized spacial score (nSPS) is 15.8. The maximum absolute atomic E-state index is 12.1. The van der Waals surface area contributed by atoms with Gasteiger partial charge < -0.3 is 20.8 Å². The van der Waals surface area contributed by atoms with Crippen LogP contribution < -0.4 is 10.6 Å². The Balaban J connectivity index is 1.80. The summed E-state index contributed by atoms with van der Waals surface area (Å²) in [6.07, 6.45) is -1.46. The Morgan fingerprint density at radius 1 is 0.840 bits per heavy atom. The zero-order chi connectivity index (χ0) is 18.2. The van der Waals surface area contributed by atoms with Crippen LogP contribution in [0.3, 0.4) is 0 Å². The predicted molar refractivity (Wildman–Crippen MR) is 97.9 cm³/mol. The summed E-state index contributed by atoms with van der Waals surface area (Å²) in [6.45, 7) is 3.65. The molecule has 0 aliphatic carbocycles. The first kappa shape index (κ1) is 19.1. The van der Waals surface area contributed by atoms with Gasteiger partial charge in [-0.3, -0.25) is 4.79 Å². The molecule has 0 aromatic heterocycles. The van der Waals surface area contributed by atoms with Crippen molar-refractivity contribution in [1.29, 1.82) is 0 Å². The van der Waals surface area contributed by atoms with E-state index in [1.165, 1.54) is 0 Å². The molecule has 0 saturated heterocycles. The quantitative estimate of drug-likeness (QED) is 0.591. The van der Waals surface area contributed by atoms with Gasteiger partial charge in [-0.25, -0.2) is 0 Å². The Hall–Kier alpha value is -2.21. The van der Waals surface area contributed by atoms with E-state index >= 15 is 0 Å². The van der Waals surface area contributed by atoms with E-state index in [1.807, 2.05) is 67.6 Å². The molecule has 0 fully saturated rings. The summed E-state index contributed by atoms with van der Waals surface area (Å²) < 4.78 is 0. The van der Waals surface area contributed by atoms with E-state index in [-0.39, 0.29) is 18.5 Å². The van der Waals surface area contributed by atoms with Crippen molar-refractivity contribution in [2.24, 2.45) is 0 Å². The van der Waals surface area contributed by atoms with Gasteiger partial charge in [-0.15, -0.1) is 0 Å². The predicted octanol–water partition coefficient (Wildman–Crippen LogP) is 1.94. The molecule has 0 heterocycles.